The fourth-order valence-electron chi connectivity index (χ4n) is 2.18. The van der Waals surface area contributed by atoms with E-state index in [0.717, 1.165) is 0 Å². The van der Waals surface area contributed by atoms with E-state index in [4.69, 9.17) is 9.59 Å². The van der Waals surface area contributed by atoms with Gasteiger partial charge in [0.05, 0.1) is 0 Å². The van der Waals surface area contributed by atoms with Crippen LogP contribution < -0.4 is 15.9 Å². The van der Waals surface area contributed by atoms with Gasteiger partial charge in [0.2, 0.25) is 0 Å². The van der Waals surface area contributed by atoms with Crippen molar-refractivity contribution >= 4 is 36.4 Å². The first-order valence-electron chi connectivity index (χ1n) is 7.81. The summed E-state index contributed by atoms with van der Waals surface area (Å²) in [7, 11) is -0.446. The molecule has 4 heteroatoms. The molecule has 0 amide bonds. The minimum atomic E-state index is -0.446. The van der Waals surface area contributed by atoms with Crippen LogP contribution in [-0.2, 0) is 30.0 Å². The zero-order valence-electron chi connectivity index (χ0n) is 14.7. The maximum atomic E-state index is 8.68. The Morgan fingerprint density at radius 1 is 0.538 bits per heavy atom. The topological polar surface area (TPSA) is 34.1 Å². The zero-order chi connectivity index (χ0) is 18.3. The third kappa shape index (κ3) is 8.46. The average Bonchev–Trinajstić information content (AvgIpc) is 2.66. The number of hydrogen-bond acceptors (Lipinski definition) is 2. The van der Waals surface area contributed by atoms with Crippen molar-refractivity contribution in [2.45, 2.75) is 13.8 Å². The third-order valence-corrected chi connectivity index (χ3v) is 5.49. The van der Waals surface area contributed by atoms with Crippen LogP contribution in [-0.4, -0.2) is 12.6 Å². The first-order valence-corrected chi connectivity index (χ1v) is 9.15. The van der Waals surface area contributed by atoms with Crippen molar-refractivity contribution in [3.8, 4) is 0 Å². The van der Waals surface area contributed by atoms with E-state index in [0.29, 0.717) is 0 Å². The fraction of sp³-hybridized carbons (Fsp3) is 0.0909. The Morgan fingerprint density at radius 3 is 0.923 bits per heavy atom. The quantitative estimate of drug-likeness (QED) is 0.344. The average molecular weight is 455 g/mol. The van der Waals surface area contributed by atoms with Crippen LogP contribution in [0.2, 0.25) is 0 Å². The molecule has 2 nitrogen and oxygen atoms in total. The third-order valence-electron chi connectivity index (χ3n) is 3.04. The van der Waals surface area contributed by atoms with Gasteiger partial charge in [-0.05, 0) is 23.8 Å². The smallest absolute Gasteiger partial charge is 0.542 e. The van der Waals surface area contributed by atoms with Crippen LogP contribution in [0.15, 0.2) is 91.0 Å². The molecule has 0 aliphatic carbocycles. The van der Waals surface area contributed by atoms with Crippen LogP contribution in [0.1, 0.15) is 13.8 Å². The van der Waals surface area contributed by atoms with Gasteiger partial charge in [-0.25, -0.2) is 0 Å². The summed E-state index contributed by atoms with van der Waals surface area (Å²) >= 11 is 0. The summed E-state index contributed by atoms with van der Waals surface area (Å²) in [5.74, 6) is 0. The van der Waals surface area contributed by atoms with Gasteiger partial charge in [-0.15, -0.1) is 0 Å². The second-order valence-corrected chi connectivity index (χ2v) is 6.97. The molecular formula is C22H21O2PPd. The van der Waals surface area contributed by atoms with Crippen molar-refractivity contribution < 1.29 is 30.0 Å². The van der Waals surface area contributed by atoms with Crippen molar-refractivity contribution in [1.29, 1.82) is 0 Å². The molecular weight excluding hydrogens is 434 g/mol. The van der Waals surface area contributed by atoms with Gasteiger partial charge in [0.15, 0.2) is 0 Å². The van der Waals surface area contributed by atoms with E-state index in [-0.39, 0.29) is 20.4 Å². The van der Waals surface area contributed by atoms with E-state index in [1.807, 2.05) is 0 Å². The number of carbonyl (C=O) groups excluding carboxylic acids is 2. The van der Waals surface area contributed by atoms with Crippen molar-refractivity contribution in [3.05, 3.63) is 91.0 Å². The van der Waals surface area contributed by atoms with Gasteiger partial charge in [-0.3, -0.25) is 12.6 Å². The summed E-state index contributed by atoms with van der Waals surface area (Å²) in [4.78, 5) is 17.4. The number of benzene rings is 3. The largest absolute Gasteiger partial charge is 2.00 e. The van der Waals surface area contributed by atoms with E-state index >= 15 is 0 Å². The molecule has 0 radical (unpaired) electrons. The van der Waals surface area contributed by atoms with E-state index < -0.39 is 7.92 Å². The summed E-state index contributed by atoms with van der Waals surface area (Å²) < 4.78 is 0. The summed E-state index contributed by atoms with van der Waals surface area (Å²) in [5, 5.41) is 4.19. The number of hydrogen-bond donors (Lipinski definition) is 0. The van der Waals surface area contributed by atoms with Gasteiger partial charge < -0.3 is 9.59 Å². The molecule has 0 bridgehead atoms. The Kier molecular flexibility index (Phi) is 14.2. The Hall–Kier alpha value is -1.91. The normalized spacial score (nSPS) is 8.73. The molecule has 3 aromatic carbocycles. The molecule has 0 unspecified atom stereocenters. The molecule has 0 atom stereocenters. The second-order valence-electron chi connectivity index (χ2n) is 4.75. The molecule has 0 spiro atoms. The first-order chi connectivity index (χ1) is 12.3. The van der Waals surface area contributed by atoms with Crippen LogP contribution in [0.25, 0.3) is 0 Å². The first kappa shape index (κ1) is 24.1. The minimum Gasteiger partial charge on any atom is -0.542 e. The molecule has 3 aromatic rings. The molecule has 0 saturated carbocycles. The second kappa shape index (κ2) is 15.4. The monoisotopic (exact) mass is 454 g/mol. The summed E-state index contributed by atoms with van der Waals surface area (Å²) in [6.45, 7) is 2.64. The molecule has 0 heterocycles. The van der Waals surface area contributed by atoms with E-state index in [1.54, 1.807) is 0 Å². The van der Waals surface area contributed by atoms with Crippen molar-refractivity contribution in [2.75, 3.05) is 0 Å². The van der Waals surface area contributed by atoms with Gasteiger partial charge >= 0.3 is 20.4 Å². The minimum absolute atomic E-state index is 0. The zero-order valence-corrected chi connectivity index (χ0v) is 17.2. The Labute approximate surface area is 171 Å². The summed E-state index contributed by atoms with van der Waals surface area (Å²) in [6.07, 6.45) is 3.00. The molecule has 0 fully saturated rings. The van der Waals surface area contributed by atoms with Crippen molar-refractivity contribution in [1.82, 2.24) is 0 Å². The van der Waals surface area contributed by atoms with Gasteiger partial charge in [0.1, 0.15) is 0 Å². The van der Waals surface area contributed by atoms with Gasteiger partial charge in [-0.2, -0.15) is 13.8 Å². The molecule has 0 aromatic heterocycles. The van der Waals surface area contributed by atoms with E-state index in [2.05, 4.69) is 91.0 Å². The van der Waals surface area contributed by atoms with Crippen LogP contribution >= 0.6 is 7.92 Å². The summed E-state index contributed by atoms with van der Waals surface area (Å²) in [5.41, 5.74) is 0. The maximum absolute atomic E-state index is 8.68. The van der Waals surface area contributed by atoms with Crippen molar-refractivity contribution in [2.24, 2.45) is 0 Å². The number of rotatable bonds is 3. The van der Waals surface area contributed by atoms with Gasteiger partial charge in [0, 0.05) is 0 Å². The van der Waals surface area contributed by atoms with Crippen LogP contribution in [0, 0.1) is 0 Å². The van der Waals surface area contributed by atoms with Crippen LogP contribution in [0.5, 0.6) is 0 Å². The summed E-state index contributed by atoms with van der Waals surface area (Å²) in [6, 6.07) is 32.3. The maximum Gasteiger partial charge on any atom is 2.00 e. The van der Waals surface area contributed by atoms with Gasteiger partial charge in [-0.1, -0.05) is 91.0 Å². The molecule has 26 heavy (non-hydrogen) atoms. The molecule has 0 N–H and O–H groups in total. The van der Waals surface area contributed by atoms with Crippen molar-refractivity contribution in [3.63, 3.8) is 0 Å². The predicted molar refractivity (Wildman–Crippen MR) is 108 cm³/mol. The SMILES string of the molecule is C[C-]=O.C[C-]=O.[Pd+2].c1ccc(P(c2ccccc2)c2ccccc2)cc1. The van der Waals surface area contributed by atoms with Gasteiger partial charge in [0.25, 0.3) is 0 Å². The Bertz CT molecular complexity index is 619. The van der Waals surface area contributed by atoms with E-state index in [9.17, 15) is 0 Å². The molecule has 0 saturated heterocycles. The Morgan fingerprint density at radius 2 is 0.731 bits per heavy atom. The molecule has 136 valence electrons. The molecule has 3 rings (SSSR count). The Balaban J connectivity index is 0.000000793. The fourth-order valence-corrected chi connectivity index (χ4v) is 4.48. The molecule has 0 aliphatic rings. The molecule has 0 aliphatic heterocycles. The predicted octanol–water partition coefficient (Wildman–Crippen LogP) is 3.67. The van der Waals surface area contributed by atoms with Crippen LogP contribution in [0.3, 0.4) is 0 Å². The van der Waals surface area contributed by atoms with Crippen LogP contribution in [0.4, 0.5) is 0 Å². The van der Waals surface area contributed by atoms with E-state index in [1.165, 1.54) is 42.3 Å². The standard InChI is InChI=1S/C18H15P.2C2H3O.Pd/c1-4-10-16(11-5-1)19(17-12-6-2-7-13-17)18-14-8-3-9-15-18;2*1-2-3;/h1-15H;2*1H3;/q;2*-1;+2.